The van der Waals surface area contributed by atoms with Crippen molar-refractivity contribution < 1.29 is 14.3 Å². The van der Waals surface area contributed by atoms with Gasteiger partial charge in [-0.15, -0.1) is 0 Å². The standard InChI is InChI=1S/C19H15Cl2N3O3/c1-11-3-4-12(2)24(11)23-18(25)13-5-7-15(8-6-13)27-19(26)14-9-16(20)17(21)22-10-14/h3-10H,1-2H3,(H,23,25). The van der Waals surface area contributed by atoms with E-state index in [0.29, 0.717) is 5.56 Å². The van der Waals surface area contributed by atoms with Crippen LogP contribution in [0.25, 0.3) is 0 Å². The van der Waals surface area contributed by atoms with Crippen molar-refractivity contribution in [3.63, 3.8) is 0 Å². The molecule has 138 valence electrons. The van der Waals surface area contributed by atoms with Gasteiger partial charge in [-0.05, 0) is 56.3 Å². The van der Waals surface area contributed by atoms with E-state index >= 15 is 0 Å². The molecule has 0 spiro atoms. The Kier molecular flexibility index (Phi) is 5.48. The van der Waals surface area contributed by atoms with Crippen molar-refractivity contribution in [2.75, 3.05) is 5.43 Å². The molecule has 2 aromatic heterocycles. The average molecular weight is 404 g/mol. The fourth-order valence-electron chi connectivity index (χ4n) is 2.38. The number of carbonyl (C=O) groups is 2. The highest BCUT2D eigenvalue weighted by atomic mass is 35.5. The normalized spacial score (nSPS) is 10.5. The number of aryl methyl sites for hydroxylation is 2. The van der Waals surface area contributed by atoms with Gasteiger partial charge in [-0.3, -0.25) is 14.9 Å². The molecule has 8 heteroatoms. The summed E-state index contributed by atoms with van der Waals surface area (Å²) in [6.07, 6.45) is 1.28. The first-order valence-electron chi connectivity index (χ1n) is 7.95. The highest BCUT2D eigenvalue weighted by Gasteiger charge is 2.13. The van der Waals surface area contributed by atoms with E-state index in [9.17, 15) is 9.59 Å². The summed E-state index contributed by atoms with van der Waals surface area (Å²) < 4.78 is 6.96. The molecule has 0 radical (unpaired) electrons. The van der Waals surface area contributed by atoms with Crippen LogP contribution in [0.5, 0.6) is 5.75 Å². The van der Waals surface area contributed by atoms with Gasteiger partial charge in [0.1, 0.15) is 10.9 Å². The topological polar surface area (TPSA) is 73.2 Å². The largest absolute Gasteiger partial charge is 0.423 e. The molecular weight excluding hydrogens is 389 g/mol. The molecule has 6 nitrogen and oxygen atoms in total. The Morgan fingerprint density at radius 3 is 2.22 bits per heavy atom. The summed E-state index contributed by atoms with van der Waals surface area (Å²) in [5, 5.41) is 0.269. The fourth-order valence-corrected chi connectivity index (χ4v) is 2.65. The van der Waals surface area contributed by atoms with Crippen molar-refractivity contribution in [3.8, 4) is 5.75 Å². The Morgan fingerprint density at radius 2 is 1.63 bits per heavy atom. The predicted octanol–water partition coefficient (Wildman–Crippen LogP) is 4.41. The number of hydrogen-bond donors (Lipinski definition) is 1. The van der Waals surface area contributed by atoms with Gasteiger partial charge in [0, 0.05) is 23.1 Å². The lowest BCUT2D eigenvalue weighted by atomic mass is 10.2. The van der Waals surface area contributed by atoms with Crippen molar-refractivity contribution in [1.82, 2.24) is 9.66 Å². The van der Waals surface area contributed by atoms with Crippen LogP contribution in [0.4, 0.5) is 0 Å². The van der Waals surface area contributed by atoms with E-state index < -0.39 is 5.97 Å². The molecule has 0 aliphatic carbocycles. The van der Waals surface area contributed by atoms with Gasteiger partial charge < -0.3 is 4.74 Å². The summed E-state index contributed by atoms with van der Waals surface area (Å²) in [5.41, 5.74) is 5.24. The van der Waals surface area contributed by atoms with Gasteiger partial charge in [0.05, 0.1) is 10.6 Å². The van der Waals surface area contributed by atoms with Gasteiger partial charge in [-0.25, -0.2) is 9.78 Å². The monoisotopic (exact) mass is 403 g/mol. The minimum Gasteiger partial charge on any atom is -0.423 e. The SMILES string of the molecule is Cc1ccc(C)n1NC(=O)c1ccc(OC(=O)c2cnc(Cl)c(Cl)c2)cc1. The second-order valence-electron chi connectivity index (χ2n) is 5.80. The van der Waals surface area contributed by atoms with Gasteiger partial charge in [0.25, 0.3) is 5.91 Å². The number of ether oxygens (including phenoxy) is 1. The number of halogens is 2. The predicted molar refractivity (Wildman–Crippen MR) is 103 cm³/mol. The highest BCUT2D eigenvalue weighted by Crippen LogP contribution is 2.21. The third kappa shape index (κ3) is 4.30. The van der Waals surface area contributed by atoms with Crippen LogP contribution in [0.2, 0.25) is 10.2 Å². The van der Waals surface area contributed by atoms with Crippen LogP contribution in [-0.4, -0.2) is 21.5 Å². The number of aromatic nitrogens is 2. The van der Waals surface area contributed by atoms with Crippen LogP contribution >= 0.6 is 23.2 Å². The first-order chi connectivity index (χ1) is 12.8. The maximum atomic E-state index is 12.4. The molecule has 0 atom stereocenters. The molecule has 0 aliphatic rings. The first kappa shape index (κ1) is 18.9. The zero-order chi connectivity index (χ0) is 19.6. The number of nitrogens with one attached hydrogen (secondary N) is 1. The fraction of sp³-hybridized carbons (Fsp3) is 0.105. The molecule has 1 amide bonds. The maximum absolute atomic E-state index is 12.4. The van der Waals surface area contributed by atoms with Gasteiger partial charge in [0.15, 0.2) is 0 Å². The first-order valence-corrected chi connectivity index (χ1v) is 8.70. The second kappa shape index (κ2) is 7.82. The quantitative estimate of drug-likeness (QED) is 0.397. The third-order valence-corrected chi connectivity index (χ3v) is 4.53. The Morgan fingerprint density at radius 1 is 1.00 bits per heavy atom. The smallest absolute Gasteiger partial charge is 0.345 e. The molecule has 1 N–H and O–H groups in total. The van der Waals surface area contributed by atoms with Crippen molar-refractivity contribution in [1.29, 1.82) is 0 Å². The van der Waals surface area contributed by atoms with Crippen molar-refractivity contribution in [2.45, 2.75) is 13.8 Å². The molecule has 3 aromatic rings. The number of amides is 1. The highest BCUT2D eigenvalue weighted by molar-refractivity contribution is 6.41. The van der Waals surface area contributed by atoms with Crippen LogP contribution in [0, 0.1) is 13.8 Å². The molecule has 3 rings (SSSR count). The number of pyridine rings is 1. The maximum Gasteiger partial charge on any atom is 0.345 e. The number of nitrogens with zero attached hydrogens (tertiary/aromatic N) is 2. The molecular formula is C19H15Cl2N3O3. The third-order valence-electron chi connectivity index (χ3n) is 3.84. The van der Waals surface area contributed by atoms with E-state index in [1.807, 2.05) is 26.0 Å². The number of benzene rings is 1. The molecule has 27 heavy (non-hydrogen) atoms. The number of hydrogen-bond acceptors (Lipinski definition) is 4. The lowest BCUT2D eigenvalue weighted by molar-refractivity contribution is 0.0734. The zero-order valence-corrected chi connectivity index (χ0v) is 16.0. The van der Waals surface area contributed by atoms with Crippen LogP contribution in [0.3, 0.4) is 0 Å². The summed E-state index contributed by atoms with van der Waals surface area (Å²) in [7, 11) is 0. The molecule has 1 aromatic carbocycles. The van der Waals surface area contributed by atoms with Crippen LogP contribution in [0.1, 0.15) is 32.1 Å². The van der Waals surface area contributed by atoms with E-state index in [1.54, 1.807) is 16.8 Å². The Bertz CT molecular complexity index is 994. The van der Waals surface area contributed by atoms with Gasteiger partial charge in [0.2, 0.25) is 0 Å². The minimum absolute atomic E-state index is 0.108. The molecule has 0 bridgehead atoms. The Balaban J connectivity index is 1.68. The number of rotatable bonds is 4. The number of esters is 1. The number of carbonyl (C=O) groups excluding carboxylic acids is 2. The zero-order valence-electron chi connectivity index (χ0n) is 14.5. The summed E-state index contributed by atoms with van der Waals surface area (Å²) >= 11 is 11.6. The molecule has 0 fully saturated rings. The molecule has 0 saturated carbocycles. The van der Waals surface area contributed by atoms with E-state index in [0.717, 1.165) is 11.4 Å². The molecule has 0 unspecified atom stereocenters. The van der Waals surface area contributed by atoms with E-state index in [4.69, 9.17) is 27.9 Å². The van der Waals surface area contributed by atoms with Gasteiger partial charge >= 0.3 is 5.97 Å². The average Bonchev–Trinajstić information content (AvgIpc) is 2.96. The summed E-state index contributed by atoms with van der Waals surface area (Å²) in [6.45, 7) is 3.79. The lowest BCUT2D eigenvalue weighted by Gasteiger charge is -2.11. The lowest BCUT2D eigenvalue weighted by Crippen LogP contribution is -2.24. The summed E-state index contributed by atoms with van der Waals surface area (Å²) in [5.74, 6) is -0.614. The minimum atomic E-state index is -0.628. The van der Waals surface area contributed by atoms with Gasteiger partial charge in [-0.2, -0.15) is 0 Å². The van der Waals surface area contributed by atoms with E-state index in [1.165, 1.54) is 24.4 Å². The van der Waals surface area contributed by atoms with E-state index in [2.05, 4.69) is 10.4 Å². The van der Waals surface area contributed by atoms with Crippen LogP contribution < -0.4 is 10.2 Å². The molecule has 0 aliphatic heterocycles. The van der Waals surface area contributed by atoms with Crippen molar-refractivity contribution in [3.05, 3.63) is 81.4 Å². The summed E-state index contributed by atoms with van der Waals surface area (Å²) in [6, 6.07) is 11.4. The van der Waals surface area contributed by atoms with Crippen LogP contribution in [0.15, 0.2) is 48.7 Å². The summed E-state index contributed by atoms with van der Waals surface area (Å²) in [4.78, 5) is 28.3. The molecule has 2 heterocycles. The second-order valence-corrected chi connectivity index (χ2v) is 6.57. The van der Waals surface area contributed by atoms with Crippen LogP contribution in [-0.2, 0) is 0 Å². The van der Waals surface area contributed by atoms with Crippen molar-refractivity contribution in [2.24, 2.45) is 0 Å². The Labute approximate surface area is 165 Å². The Hall–Kier alpha value is -2.83. The van der Waals surface area contributed by atoms with Gasteiger partial charge in [-0.1, -0.05) is 23.2 Å². The van der Waals surface area contributed by atoms with Crippen molar-refractivity contribution >= 4 is 35.1 Å². The molecule has 0 saturated heterocycles. The van der Waals surface area contributed by atoms with E-state index in [-0.39, 0.29) is 27.4 Å².